The highest BCUT2D eigenvalue weighted by atomic mass is 31.2. The fourth-order valence-corrected chi connectivity index (χ4v) is 5.64. The van der Waals surface area contributed by atoms with Crippen molar-refractivity contribution in [3.8, 4) is 0 Å². The minimum Gasteiger partial charge on any atom is -0.445 e. The number of hydrogen-bond donors (Lipinski definition) is 0. The third kappa shape index (κ3) is 4.46. The Hall–Kier alpha value is -2.14. The second-order valence-corrected chi connectivity index (χ2v) is 8.52. The zero-order valence-electron chi connectivity index (χ0n) is 16.2. The summed E-state index contributed by atoms with van der Waals surface area (Å²) in [6, 6.07) is 17.1. The lowest BCUT2D eigenvalue weighted by atomic mass is 10.00. The summed E-state index contributed by atoms with van der Waals surface area (Å²) >= 11 is 0. The molecule has 0 aliphatic carbocycles. The Morgan fingerprint density at radius 2 is 1.68 bits per heavy atom. The van der Waals surface area contributed by atoms with Crippen LogP contribution in [-0.2, 0) is 31.4 Å². The van der Waals surface area contributed by atoms with Gasteiger partial charge in [0, 0.05) is 6.54 Å². The van der Waals surface area contributed by atoms with Gasteiger partial charge in [-0.25, -0.2) is 4.79 Å². The number of nitrogens with zero attached hydrogens (tertiary/aromatic N) is 1. The number of ether oxygens (including phenoxy) is 1. The summed E-state index contributed by atoms with van der Waals surface area (Å²) in [7, 11) is -3.61. The molecule has 1 aliphatic heterocycles. The molecule has 1 amide bonds. The molecule has 2 aromatic carbocycles. The van der Waals surface area contributed by atoms with E-state index in [4.69, 9.17) is 13.8 Å². The quantitative estimate of drug-likeness (QED) is 0.599. The van der Waals surface area contributed by atoms with Crippen LogP contribution in [0.15, 0.2) is 54.6 Å². The molecule has 0 bridgehead atoms. The van der Waals surface area contributed by atoms with Crippen molar-refractivity contribution >= 4 is 13.7 Å². The highest BCUT2D eigenvalue weighted by molar-refractivity contribution is 7.54. The van der Waals surface area contributed by atoms with Gasteiger partial charge in [0.1, 0.15) is 6.61 Å². The van der Waals surface area contributed by atoms with Crippen LogP contribution in [0.3, 0.4) is 0 Å². The Balaban J connectivity index is 1.90. The van der Waals surface area contributed by atoms with Gasteiger partial charge in [-0.3, -0.25) is 9.46 Å². The predicted octanol–water partition coefficient (Wildman–Crippen LogP) is 5.15. The van der Waals surface area contributed by atoms with Gasteiger partial charge in [0.25, 0.3) is 0 Å². The standard InChI is InChI=1S/C21H26NO5P/c1-3-26-28(24,27-4-2)20-19-13-9-8-12-18(19)14-15-22(20)21(23)25-16-17-10-6-5-7-11-17/h5-13,20H,3-4,14-16H2,1-2H3. The molecule has 28 heavy (non-hydrogen) atoms. The average Bonchev–Trinajstić information content (AvgIpc) is 2.72. The largest absolute Gasteiger partial charge is 0.445 e. The lowest BCUT2D eigenvalue weighted by Gasteiger charge is -2.39. The maximum atomic E-state index is 13.6. The van der Waals surface area contributed by atoms with Crippen molar-refractivity contribution in [2.45, 2.75) is 32.7 Å². The Kier molecular flexibility index (Phi) is 6.89. The Morgan fingerprint density at radius 3 is 2.36 bits per heavy atom. The van der Waals surface area contributed by atoms with Gasteiger partial charge >= 0.3 is 13.7 Å². The molecule has 7 heteroatoms. The monoisotopic (exact) mass is 403 g/mol. The molecule has 0 spiro atoms. The van der Waals surface area contributed by atoms with Crippen LogP contribution < -0.4 is 0 Å². The highest BCUT2D eigenvalue weighted by Crippen LogP contribution is 2.63. The van der Waals surface area contributed by atoms with E-state index in [0.717, 1.165) is 16.7 Å². The van der Waals surface area contributed by atoms with E-state index < -0.39 is 19.5 Å². The molecule has 2 aromatic rings. The van der Waals surface area contributed by atoms with Crippen molar-refractivity contribution in [3.05, 3.63) is 71.3 Å². The molecule has 1 aliphatic rings. The normalized spacial score (nSPS) is 16.5. The topological polar surface area (TPSA) is 65.1 Å². The van der Waals surface area contributed by atoms with E-state index in [2.05, 4.69) is 0 Å². The molecule has 1 unspecified atom stereocenters. The molecule has 1 heterocycles. The van der Waals surface area contributed by atoms with Crippen LogP contribution in [0.5, 0.6) is 0 Å². The molecule has 150 valence electrons. The third-order valence-electron chi connectivity index (χ3n) is 4.61. The van der Waals surface area contributed by atoms with Crippen molar-refractivity contribution < 1.29 is 23.1 Å². The van der Waals surface area contributed by atoms with Gasteiger partial charge in [0.2, 0.25) is 0 Å². The number of fused-ring (bicyclic) bond motifs is 1. The number of carbonyl (C=O) groups excluding carboxylic acids is 1. The summed E-state index contributed by atoms with van der Waals surface area (Å²) in [5.74, 6) is -0.819. The maximum Gasteiger partial charge on any atom is 0.411 e. The minimum atomic E-state index is -3.61. The van der Waals surface area contributed by atoms with Crippen molar-refractivity contribution in [1.29, 1.82) is 0 Å². The molecule has 6 nitrogen and oxygen atoms in total. The summed E-state index contributed by atoms with van der Waals surface area (Å²) in [6.45, 7) is 4.51. The minimum absolute atomic E-state index is 0.151. The summed E-state index contributed by atoms with van der Waals surface area (Å²) in [5, 5.41) is 0. The van der Waals surface area contributed by atoms with E-state index in [-0.39, 0.29) is 19.8 Å². The van der Waals surface area contributed by atoms with Crippen LogP contribution in [0.4, 0.5) is 4.79 Å². The zero-order valence-corrected chi connectivity index (χ0v) is 17.1. The second-order valence-electron chi connectivity index (χ2n) is 6.43. The Labute approximate surface area is 165 Å². The van der Waals surface area contributed by atoms with Crippen LogP contribution in [0, 0.1) is 0 Å². The summed E-state index contributed by atoms with van der Waals surface area (Å²) in [4.78, 5) is 14.4. The smallest absolute Gasteiger partial charge is 0.411 e. The first-order chi connectivity index (χ1) is 13.6. The van der Waals surface area contributed by atoms with E-state index in [9.17, 15) is 9.36 Å². The van der Waals surface area contributed by atoms with E-state index in [1.165, 1.54) is 4.90 Å². The van der Waals surface area contributed by atoms with Gasteiger partial charge in [0.05, 0.1) is 13.2 Å². The molecule has 0 saturated carbocycles. The molecule has 0 saturated heterocycles. The molecule has 0 N–H and O–H groups in total. The van der Waals surface area contributed by atoms with Gasteiger partial charge in [-0.2, -0.15) is 0 Å². The number of benzene rings is 2. The lowest BCUT2D eigenvalue weighted by Crippen LogP contribution is -2.40. The summed E-state index contributed by atoms with van der Waals surface area (Å²) < 4.78 is 30.3. The molecule has 0 aromatic heterocycles. The van der Waals surface area contributed by atoms with E-state index in [1.807, 2.05) is 54.6 Å². The number of amides is 1. The lowest BCUT2D eigenvalue weighted by molar-refractivity contribution is 0.0802. The van der Waals surface area contributed by atoms with Crippen molar-refractivity contribution in [3.63, 3.8) is 0 Å². The van der Waals surface area contributed by atoms with Gasteiger partial charge in [0.15, 0.2) is 5.78 Å². The Bertz CT molecular complexity index is 832. The van der Waals surface area contributed by atoms with Gasteiger partial charge < -0.3 is 13.8 Å². The SMILES string of the molecule is CCOP(=O)(OCC)C1c2ccccc2CCN1C(=O)OCc1ccccc1. The molecule has 3 rings (SSSR count). The van der Waals surface area contributed by atoms with Crippen LogP contribution >= 0.6 is 7.60 Å². The molecule has 0 radical (unpaired) electrons. The fraction of sp³-hybridized carbons (Fsp3) is 0.381. The highest BCUT2D eigenvalue weighted by Gasteiger charge is 2.46. The summed E-state index contributed by atoms with van der Waals surface area (Å²) in [5.41, 5.74) is 2.72. The maximum absolute atomic E-state index is 13.6. The molecular formula is C21H26NO5P. The third-order valence-corrected chi connectivity index (χ3v) is 7.00. The van der Waals surface area contributed by atoms with Gasteiger partial charge in [-0.15, -0.1) is 0 Å². The summed E-state index contributed by atoms with van der Waals surface area (Å²) in [6.07, 6.45) is 0.133. The first-order valence-electron chi connectivity index (χ1n) is 9.53. The zero-order chi connectivity index (χ0) is 20.0. The number of carbonyl (C=O) groups is 1. The number of rotatable bonds is 7. The molecule has 1 atom stereocenters. The van der Waals surface area contributed by atoms with Crippen LogP contribution in [0.2, 0.25) is 0 Å². The molecular weight excluding hydrogens is 377 g/mol. The van der Waals surface area contributed by atoms with Crippen molar-refractivity contribution in [2.75, 3.05) is 19.8 Å². The average molecular weight is 403 g/mol. The Morgan fingerprint density at radius 1 is 1.04 bits per heavy atom. The van der Waals surface area contributed by atoms with E-state index in [0.29, 0.717) is 13.0 Å². The number of hydrogen-bond acceptors (Lipinski definition) is 5. The van der Waals surface area contributed by atoms with Crippen molar-refractivity contribution in [1.82, 2.24) is 4.90 Å². The predicted molar refractivity (Wildman–Crippen MR) is 107 cm³/mol. The van der Waals surface area contributed by atoms with Crippen LogP contribution in [0.25, 0.3) is 0 Å². The first kappa shape index (κ1) is 20.6. The van der Waals surface area contributed by atoms with E-state index in [1.54, 1.807) is 13.8 Å². The van der Waals surface area contributed by atoms with Gasteiger partial charge in [-0.05, 0) is 37.0 Å². The first-order valence-corrected chi connectivity index (χ1v) is 11.1. The fourth-order valence-electron chi connectivity index (χ4n) is 3.42. The van der Waals surface area contributed by atoms with Crippen LogP contribution in [-0.4, -0.2) is 30.8 Å². The second kappa shape index (κ2) is 9.37. The van der Waals surface area contributed by atoms with E-state index >= 15 is 0 Å². The van der Waals surface area contributed by atoms with Gasteiger partial charge in [-0.1, -0.05) is 54.6 Å². The van der Waals surface area contributed by atoms with Crippen LogP contribution in [0.1, 0.15) is 36.3 Å². The van der Waals surface area contributed by atoms with Crippen molar-refractivity contribution in [2.24, 2.45) is 0 Å². The molecule has 0 fully saturated rings.